The van der Waals surface area contributed by atoms with Crippen molar-refractivity contribution >= 4 is 47.2 Å². The van der Waals surface area contributed by atoms with Crippen molar-refractivity contribution in [1.29, 1.82) is 0 Å². The Morgan fingerprint density at radius 3 is 2.59 bits per heavy atom. The fourth-order valence-electron chi connectivity index (χ4n) is 2.57. The summed E-state index contributed by atoms with van der Waals surface area (Å²) in [6, 6.07) is 7.75. The Morgan fingerprint density at radius 2 is 2.00 bits per heavy atom. The topological polar surface area (TPSA) is 69.6 Å². The van der Waals surface area contributed by atoms with Crippen LogP contribution in [0.25, 0.3) is 0 Å². The Bertz CT molecular complexity index is 788. The number of carbonyl (C=O) groups excluding carboxylic acids is 1. The van der Waals surface area contributed by atoms with Crippen LogP contribution < -0.4 is 10.6 Å². The number of thiazole rings is 1. The summed E-state index contributed by atoms with van der Waals surface area (Å²) in [7, 11) is 5.29. The summed E-state index contributed by atoms with van der Waals surface area (Å²) in [5, 5.41) is 7.71. The smallest absolute Gasteiger partial charge is 0.253 e. The molecule has 0 aliphatic rings. The van der Waals surface area contributed by atoms with Gasteiger partial charge in [0.1, 0.15) is 0 Å². The van der Waals surface area contributed by atoms with Crippen molar-refractivity contribution in [3.8, 4) is 0 Å². The number of guanidine groups is 1. The van der Waals surface area contributed by atoms with Crippen molar-refractivity contribution < 1.29 is 4.79 Å². The zero-order valence-electron chi connectivity index (χ0n) is 16.5. The van der Waals surface area contributed by atoms with Gasteiger partial charge in [-0.3, -0.25) is 9.79 Å². The number of halogens is 1. The Morgan fingerprint density at radius 1 is 1.26 bits per heavy atom. The number of hydrogen-bond acceptors (Lipinski definition) is 4. The number of aryl methyl sites for hydroxylation is 2. The summed E-state index contributed by atoms with van der Waals surface area (Å²) in [5.41, 5.74) is 2.90. The molecule has 2 N–H and O–H groups in total. The highest BCUT2D eigenvalue weighted by molar-refractivity contribution is 14.0. The van der Waals surface area contributed by atoms with Gasteiger partial charge in [-0.2, -0.15) is 0 Å². The SMILES string of the molecule is CN=C(NCCc1cccc(C(=O)N(C)C)c1)NCc1sc(C)nc1C.I. The number of benzene rings is 1. The summed E-state index contributed by atoms with van der Waals surface area (Å²) >= 11 is 1.70. The zero-order valence-corrected chi connectivity index (χ0v) is 19.6. The van der Waals surface area contributed by atoms with Crippen LogP contribution in [-0.4, -0.2) is 49.4 Å². The van der Waals surface area contributed by atoms with Crippen LogP contribution in [0.1, 0.15) is 31.5 Å². The van der Waals surface area contributed by atoms with Crippen molar-refractivity contribution in [3.63, 3.8) is 0 Å². The van der Waals surface area contributed by atoms with E-state index in [2.05, 4.69) is 20.6 Å². The van der Waals surface area contributed by atoms with E-state index in [-0.39, 0.29) is 29.9 Å². The van der Waals surface area contributed by atoms with Gasteiger partial charge in [0, 0.05) is 38.1 Å². The predicted octanol–water partition coefficient (Wildman–Crippen LogP) is 2.99. The molecular weight excluding hydrogens is 473 g/mol. The van der Waals surface area contributed by atoms with Crippen LogP contribution in [0.5, 0.6) is 0 Å². The third kappa shape index (κ3) is 7.10. The van der Waals surface area contributed by atoms with Crippen LogP contribution in [-0.2, 0) is 13.0 Å². The molecule has 0 aliphatic carbocycles. The lowest BCUT2D eigenvalue weighted by Gasteiger charge is -2.13. The first-order valence-corrected chi connectivity index (χ1v) is 9.40. The quantitative estimate of drug-likeness (QED) is 0.363. The molecule has 0 radical (unpaired) electrons. The van der Waals surface area contributed by atoms with Gasteiger partial charge < -0.3 is 15.5 Å². The summed E-state index contributed by atoms with van der Waals surface area (Å²) in [6.45, 7) is 5.49. The van der Waals surface area contributed by atoms with Crippen molar-refractivity contribution in [2.75, 3.05) is 27.7 Å². The van der Waals surface area contributed by atoms with Gasteiger partial charge in [0.15, 0.2) is 5.96 Å². The van der Waals surface area contributed by atoms with Gasteiger partial charge in [0.2, 0.25) is 0 Å². The first-order valence-electron chi connectivity index (χ1n) is 8.58. The average Bonchev–Trinajstić information content (AvgIpc) is 2.94. The van der Waals surface area contributed by atoms with Crippen LogP contribution in [0.4, 0.5) is 0 Å². The molecule has 1 amide bonds. The van der Waals surface area contributed by atoms with E-state index in [9.17, 15) is 4.79 Å². The molecule has 0 unspecified atom stereocenters. The Hall–Kier alpha value is -1.68. The molecule has 1 aromatic heterocycles. The van der Waals surface area contributed by atoms with Crippen LogP contribution in [0.2, 0.25) is 0 Å². The first kappa shape index (κ1) is 23.4. The predicted molar refractivity (Wildman–Crippen MR) is 123 cm³/mol. The zero-order chi connectivity index (χ0) is 19.1. The lowest BCUT2D eigenvalue weighted by atomic mass is 10.1. The van der Waals surface area contributed by atoms with Crippen molar-refractivity contribution in [1.82, 2.24) is 20.5 Å². The molecule has 1 aromatic carbocycles. The number of nitrogens with zero attached hydrogens (tertiary/aromatic N) is 3. The number of carbonyl (C=O) groups is 1. The van der Waals surface area contributed by atoms with E-state index >= 15 is 0 Å². The fraction of sp³-hybridized carbons (Fsp3) is 0.421. The maximum Gasteiger partial charge on any atom is 0.253 e. The number of nitrogens with one attached hydrogen (secondary N) is 2. The standard InChI is InChI=1S/C19H27N5OS.HI/c1-13-17(26-14(2)23-13)12-22-19(20-3)21-10-9-15-7-6-8-16(11-15)18(25)24(4)5;/h6-8,11H,9-10,12H2,1-5H3,(H2,20,21,22);1H. The molecule has 2 rings (SSSR count). The minimum atomic E-state index is 0. The maximum atomic E-state index is 12.1. The van der Waals surface area contributed by atoms with E-state index in [4.69, 9.17) is 0 Å². The first-order chi connectivity index (χ1) is 12.4. The van der Waals surface area contributed by atoms with Crippen LogP contribution in [0.15, 0.2) is 29.3 Å². The molecule has 0 aliphatic heterocycles. The van der Waals surface area contributed by atoms with Crippen molar-refractivity contribution in [3.05, 3.63) is 51.0 Å². The summed E-state index contributed by atoms with van der Waals surface area (Å²) in [5.74, 6) is 0.781. The number of aliphatic imine (C=N–C) groups is 1. The molecule has 0 saturated heterocycles. The highest BCUT2D eigenvalue weighted by Crippen LogP contribution is 2.16. The Balaban J connectivity index is 0.00000364. The monoisotopic (exact) mass is 501 g/mol. The molecule has 0 fully saturated rings. The second-order valence-corrected chi connectivity index (χ2v) is 7.53. The molecule has 0 atom stereocenters. The normalized spacial score (nSPS) is 10.9. The molecule has 1 heterocycles. The largest absolute Gasteiger partial charge is 0.356 e. The van der Waals surface area contributed by atoms with Gasteiger partial charge >= 0.3 is 0 Å². The molecule has 0 bridgehead atoms. The number of aromatic nitrogens is 1. The minimum absolute atomic E-state index is 0. The summed E-state index contributed by atoms with van der Waals surface area (Å²) in [6.07, 6.45) is 0.813. The lowest BCUT2D eigenvalue weighted by Crippen LogP contribution is -2.37. The molecule has 0 spiro atoms. The summed E-state index contributed by atoms with van der Waals surface area (Å²) < 4.78 is 0. The second kappa shape index (κ2) is 11.2. The third-order valence-corrected chi connectivity index (χ3v) is 5.00. The van der Waals surface area contributed by atoms with Gasteiger partial charge in [0.25, 0.3) is 5.91 Å². The molecule has 2 aromatic rings. The van der Waals surface area contributed by atoms with E-state index in [1.54, 1.807) is 37.4 Å². The van der Waals surface area contributed by atoms with Gasteiger partial charge in [-0.05, 0) is 38.0 Å². The minimum Gasteiger partial charge on any atom is -0.356 e. The highest BCUT2D eigenvalue weighted by atomic mass is 127. The van der Waals surface area contributed by atoms with Gasteiger partial charge in [0.05, 0.1) is 17.2 Å². The van der Waals surface area contributed by atoms with E-state index in [1.807, 2.05) is 38.1 Å². The molecule has 148 valence electrons. The molecule has 0 saturated carbocycles. The molecule has 6 nitrogen and oxygen atoms in total. The number of amides is 1. The van der Waals surface area contributed by atoms with Crippen LogP contribution in [0.3, 0.4) is 0 Å². The van der Waals surface area contributed by atoms with Gasteiger partial charge in [-0.1, -0.05) is 12.1 Å². The maximum absolute atomic E-state index is 12.1. The molecular formula is C19H28IN5OS. The van der Waals surface area contributed by atoms with Crippen LogP contribution >= 0.6 is 35.3 Å². The molecule has 27 heavy (non-hydrogen) atoms. The lowest BCUT2D eigenvalue weighted by molar-refractivity contribution is 0.0827. The Kier molecular flexibility index (Phi) is 9.71. The van der Waals surface area contributed by atoms with E-state index < -0.39 is 0 Å². The van der Waals surface area contributed by atoms with E-state index in [1.165, 1.54) is 4.88 Å². The van der Waals surface area contributed by atoms with Gasteiger partial charge in [-0.15, -0.1) is 35.3 Å². The molecule has 8 heteroatoms. The number of hydrogen-bond donors (Lipinski definition) is 2. The third-order valence-electron chi connectivity index (χ3n) is 3.93. The van der Waals surface area contributed by atoms with E-state index in [0.29, 0.717) is 12.1 Å². The average molecular weight is 501 g/mol. The van der Waals surface area contributed by atoms with Gasteiger partial charge in [-0.25, -0.2) is 4.98 Å². The van der Waals surface area contributed by atoms with Crippen molar-refractivity contribution in [2.45, 2.75) is 26.8 Å². The highest BCUT2D eigenvalue weighted by Gasteiger charge is 2.08. The Labute approximate surface area is 182 Å². The fourth-order valence-corrected chi connectivity index (χ4v) is 3.44. The number of rotatable bonds is 6. The second-order valence-electron chi connectivity index (χ2n) is 6.24. The van der Waals surface area contributed by atoms with Crippen molar-refractivity contribution in [2.24, 2.45) is 4.99 Å². The summed E-state index contributed by atoms with van der Waals surface area (Å²) in [4.78, 5) is 23.6. The van der Waals surface area contributed by atoms with E-state index in [0.717, 1.165) is 35.2 Å². The van der Waals surface area contributed by atoms with Crippen LogP contribution in [0, 0.1) is 13.8 Å².